The number of unbranched alkanes of at least 4 members (excludes halogenated alkanes) is 40. The molecule has 0 rings (SSSR count). The Kier molecular flexibility index (Phi) is 67.9. The average Bonchev–Trinajstić information content (AvgIpc) is 1.62. The summed E-state index contributed by atoms with van der Waals surface area (Å²) < 4.78 is 68.4. The van der Waals surface area contributed by atoms with Gasteiger partial charge < -0.3 is 33.8 Å². The lowest BCUT2D eigenvalue weighted by Gasteiger charge is -2.21. The van der Waals surface area contributed by atoms with Gasteiger partial charge >= 0.3 is 39.5 Å². The fraction of sp³-hybridized carbons (Fsp3) is 0.846. The van der Waals surface area contributed by atoms with Gasteiger partial charge in [0.05, 0.1) is 26.4 Å². The Labute approximate surface area is 591 Å². The van der Waals surface area contributed by atoms with Crippen molar-refractivity contribution in [3.63, 3.8) is 0 Å². The maximum absolute atomic E-state index is 13.1. The van der Waals surface area contributed by atoms with Gasteiger partial charge in [0.2, 0.25) is 0 Å². The molecule has 0 spiro atoms. The number of hydrogen-bond donors (Lipinski definition) is 3. The number of rotatable bonds is 74. The van der Waals surface area contributed by atoms with Crippen molar-refractivity contribution in [3.05, 3.63) is 48.6 Å². The molecule has 0 aliphatic heterocycles. The van der Waals surface area contributed by atoms with Gasteiger partial charge in [-0.1, -0.05) is 308 Å². The molecule has 0 saturated carbocycles. The molecule has 0 bridgehead atoms. The van der Waals surface area contributed by atoms with Crippen molar-refractivity contribution < 1.29 is 80.2 Å². The van der Waals surface area contributed by atoms with Crippen molar-refractivity contribution in [2.24, 2.45) is 5.92 Å². The highest BCUT2D eigenvalue weighted by Crippen LogP contribution is 2.45. The first kappa shape index (κ1) is 94.0. The van der Waals surface area contributed by atoms with Crippen molar-refractivity contribution >= 4 is 39.5 Å². The second-order valence-electron chi connectivity index (χ2n) is 27.2. The number of aliphatic hydroxyl groups excluding tert-OH is 1. The molecule has 3 N–H and O–H groups in total. The molecule has 19 heteroatoms. The van der Waals surface area contributed by atoms with Crippen LogP contribution in [-0.2, 0) is 65.4 Å². The van der Waals surface area contributed by atoms with E-state index in [1.54, 1.807) is 0 Å². The molecule has 0 aliphatic rings. The van der Waals surface area contributed by atoms with E-state index < -0.39 is 97.5 Å². The first-order valence-electron chi connectivity index (χ1n) is 39.3. The van der Waals surface area contributed by atoms with Crippen LogP contribution in [0.25, 0.3) is 0 Å². The molecule has 0 amide bonds. The van der Waals surface area contributed by atoms with Crippen molar-refractivity contribution in [1.29, 1.82) is 0 Å². The maximum Gasteiger partial charge on any atom is 0.472 e. The number of aliphatic hydroxyl groups is 1. The van der Waals surface area contributed by atoms with Gasteiger partial charge in [0.25, 0.3) is 0 Å². The lowest BCUT2D eigenvalue weighted by molar-refractivity contribution is -0.161. The van der Waals surface area contributed by atoms with Crippen molar-refractivity contribution in [1.82, 2.24) is 0 Å². The van der Waals surface area contributed by atoms with Crippen LogP contribution >= 0.6 is 15.6 Å². The average molecular weight is 1420 g/mol. The normalized spacial score (nSPS) is 14.2. The minimum Gasteiger partial charge on any atom is -0.462 e. The summed E-state index contributed by atoms with van der Waals surface area (Å²) in [6.45, 7) is 7.17. The molecule has 0 fully saturated rings. The predicted molar refractivity (Wildman–Crippen MR) is 395 cm³/mol. The first-order chi connectivity index (χ1) is 47.0. The Bertz CT molecular complexity index is 2050. The second kappa shape index (κ2) is 70.1. The van der Waals surface area contributed by atoms with Gasteiger partial charge in [0, 0.05) is 25.7 Å². The van der Waals surface area contributed by atoms with Crippen LogP contribution in [0, 0.1) is 5.92 Å². The number of allylic oxidation sites excluding steroid dienone is 8. The molecule has 0 aromatic carbocycles. The van der Waals surface area contributed by atoms with Gasteiger partial charge in [0.1, 0.15) is 19.3 Å². The van der Waals surface area contributed by atoms with Gasteiger partial charge in [-0.2, -0.15) is 0 Å². The number of esters is 4. The summed E-state index contributed by atoms with van der Waals surface area (Å²) in [5.41, 5.74) is 0. The Hall–Kier alpha value is -2.98. The Morgan fingerprint density at radius 1 is 0.320 bits per heavy atom. The van der Waals surface area contributed by atoms with Crippen LogP contribution in [0.2, 0.25) is 0 Å². The molecule has 0 saturated heterocycles. The summed E-state index contributed by atoms with van der Waals surface area (Å²) in [6, 6.07) is 0. The van der Waals surface area contributed by atoms with Crippen LogP contribution in [0.15, 0.2) is 48.6 Å². The molecule has 0 aromatic heterocycles. The van der Waals surface area contributed by atoms with E-state index >= 15 is 0 Å². The summed E-state index contributed by atoms with van der Waals surface area (Å²) >= 11 is 0. The van der Waals surface area contributed by atoms with Crippen LogP contribution in [-0.4, -0.2) is 96.7 Å². The highest BCUT2D eigenvalue weighted by atomic mass is 31.2. The topological polar surface area (TPSA) is 237 Å². The van der Waals surface area contributed by atoms with E-state index in [1.807, 2.05) is 0 Å². The molecule has 0 heterocycles. The van der Waals surface area contributed by atoms with Crippen molar-refractivity contribution in [2.75, 3.05) is 39.6 Å². The first-order valence-corrected chi connectivity index (χ1v) is 42.3. The van der Waals surface area contributed by atoms with Gasteiger partial charge in [0.15, 0.2) is 12.2 Å². The van der Waals surface area contributed by atoms with Gasteiger partial charge in [-0.15, -0.1) is 0 Å². The third-order valence-electron chi connectivity index (χ3n) is 17.0. The lowest BCUT2D eigenvalue weighted by atomic mass is 10.0. The van der Waals surface area contributed by atoms with Gasteiger partial charge in [-0.05, 0) is 83.0 Å². The third-order valence-corrected chi connectivity index (χ3v) is 18.9. The zero-order chi connectivity index (χ0) is 71.2. The minimum atomic E-state index is -4.97. The molecule has 568 valence electrons. The fourth-order valence-electron chi connectivity index (χ4n) is 11.0. The molecule has 0 aliphatic carbocycles. The molecule has 0 aromatic rings. The number of hydrogen-bond acceptors (Lipinski definition) is 15. The zero-order valence-electron chi connectivity index (χ0n) is 62.2. The fourth-order valence-corrected chi connectivity index (χ4v) is 12.6. The van der Waals surface area contributed by atoms with Gasteiger partial charge in [-0.3, -0.25) is 37.3 Å². The SMILES string of the molecule is CCCCCC/C=C\C=C/CCCCCCCC(=O)OC[C@H](COP(=O)(O)OC[C@@H](O)COP(=O)(O)OC[C@@H](COC(=O)CCCCCCCCCC)OC(=O)CCCCCCC/C=C\C=C/CCCCCC)OC(=O)CCCCCCCCCCCCCCCCCCC(C)C. The van der Waals surface area contributed by atoms with E-state index in [4.69, 9.17) is 37.0 Å². The summed E-state index contributed by atoms with van der Waals surface area (Å²) in [4.78, 5) is 72.7. The Morgan fingerprint density at radius 2 is 0.557 bits per heavy atom. The number of carbonyl (C=O) groups is 4. The summed E-state index contributed by atoms with van der Waals surface area (Å²) in [5.74, 6) is -1.37. The van der Waals surface area contributed by atoms with Crippen LogP contribution in [0.3, 0.4) is 0 Å². The van der Waals surface area contributed by atoms with Crippen molar-refractivity contribution in [2.45, 2.75) is 380 Å². The van der Waals surface area contributed by atoms with Crippen molar-refractivity contribution in [3.8, 4) is 0 Å². The third kappa shape index (κ3) is 71.2. The minimum absolute atomic E-state index is 0.0827. The highest BCUT2D eigenvalue weighted by Gasteiger charge is 2.30. The quantitative estimate of drug-likeness (QED) is 0.0169. The number of carbonyl (C=O) groups excluding carboxylic acids is 4. The molecule has 2 unspecified atom stereocenters. The van der Waals surface area contributed by atoms with E-state index in [-0.39, 0.29) is 25.7 Å². The summed E-state index contributed by atoms with van der Waals surface area (Å²) in [7, 11) is -9.93. The Morgan fingerprint density at radius 3 is 0.845 bits per heavy atom. The molecular formula is C78H144O17P2. The monoisotopic (exact) mass is 1410 g/mol. The van der Waals surface area contributed by atoms with Gasteiger partial charge in [-0.25, -0.2) is 9.13 Å². The second-order valence-corrected chi connectivity index (χ2v) is 30.1. The molecule has 17 nitrogen and oxygen atoms in total. The molecule has 97 heavy (non-hydrogen) atoms. The Balaban J connectivity index is 5.27. The summed E-state index contributed by atoms with van der Waals surface area (Å²) in [6.07, 6.45) is 65.5. The molecular weight excluding hydrogens is 1270 g/mol. The maximum atomic E-state index is 13.1. The largest absolute Gasteiger partial charge is 0.472 e. The zero-order valence-corrected chi connectivity index (χ0v) is 64.0. The number of phosphoric acid groups is 2. The van der Waals surface area contributed by atoms with Crippen LogP contribution in [0.1, 0.15) is 362 Å². The van der Waals surface area contributed by atoms with Crippen LogP contribution in [0.4, 0.5) is 0 Å². The van der Waals surface area contributed by atoms with E-state index in [0.717, 1.165) is 134 Å². The van der Waals surface area contributed by atoms with E-state index in [9.17, 15) is 43.2 Å². The van der Waals surface area contributed by atoms with Crippen LogP contribution in [0.5, 0.6) is 0 Å². The number of phosphoric ester groups is 2. The van der Waals surface area contributed by atoms with Crippen LogP contribution < -0.4 is 0 Å². The molecule has 5 atom stereocenters. The highest BCUT2D eigenvalue weighted by molar-refractivity contribution is 7.47. The van der Waals surface area contributed by atoms with E-state index in [1.165, 1.54) is 148 Å². The smallest absolute Gasteiger partial charge is 0.462 e. The van der Waals surface area contributed by atoms with E-state index in [2.05, 4.69) is 83.2 Å². The predicted octanol–water partition coefficient (Wildman–Crippen LogP) is 22.4. The molecule has 0 radical (unpaired) electrons. The standard InChI is InChI=1S/C78H144O17P2/c1-6-9-12-15-18-21-23-25-29-34-38-42-47-52-57-62-76(81)89-68-74(95-78(83)64-59-54-49-44-40-36-32-28-27-31-33-37-41-45-50-55-60-71(4)5)70-93-97(86,87)91-66-72(79)65-90-96(84,85)92-69-73(67-88-75(80)61-56-51-46-20-17-14-11-8-3)94-77(82)63-58-53-48-43-39-35-30-26-24-22-19-16-13-10-7-2/h21-26,29-30,71-74,79H,6-20,27-28,31-70H2,1-5H3,(H,84,85)(H,86,87)/b23-21-,24-22-,29-25-,30-26-/t72-,73+,74+/m0/s1. The number of ether oxygens (including phenoxy) is 4. The lowest BCUT2D eigenvalue weighted by Crippen LogP contribution is -2.30. The summed E-state index contributed by atoms with van der Waals surface area (Å²) in [5, 5.41) is 10.6. The van der Waals surface area contributed by atoms with E-state index in [0.29, 0.717) is 25.7 Å².